The zero-order chi connectivity index (χ0) is 30.4. The van der Waals surface area contributed by atoms with Crippen LogP contribution in [0.2, 0.25) is 5.15 Å². The number of benzene rings is 2. The second-order valence-electron chi connectivity index (χ2n) is 8.13. The number of pyridine rings is 2. The summed E-state index contributed by atoms with van der Waals surface area (Å²) in [6.45, 7) is 1.99. The Balaban J connectivity index is 0.000000187. The smallest absolute Gasteiger partial charge is 0.308 e. The van der Waals surface area contributed by atoms with Crippen LogP contribution in [0.25, 0.3) is 16.7 Å². The first-order valence-corrected chi connectivity index (χ1v) is 13.3. The molecule has 1 N–H and O–H groups in total. The monoisotopic (exact) mass is 719 g/mol. The van der Waals surface area contributed by atoms with E-state index >= 15 is 0 Å². The average molecular weight is 722 g/mol. The summed E-state index contributed by atoms with van der Waals surface area (Å²) in [7, 11) is 0. The minimum absolute atomic E-state index is 0.132. The summed E-state index contributed by atoms with van der Waals surface area (Å²) in [5, 5.41) is 11.8. The Morgan fingerprint density at radius 1 is 0.805 bits per heavy atom. The number of aryl methyl sites for hydroxylation is 1. The van der Waals surface area contributed by atoms with E-state index in [2.05, 4.69) is 46.9 Å². The van der Waals surface area contributed by atoms with Crippen molar-refractivity contribution in [2.75, 3.05) is 0 Å². The first-order valence-electron chi connectivity index (χ1n) is 11.3. The fraction of sp³-hybridized carbons (Fsp3) is 0.111. The Hall–Kier alpha value is -3.29. The quantitative estimate of drug-likeness (QED) is 0.112. The summed E-state index contributed by atoms with van der Waals surface area (Å²) >= 11 is 11.9. The van der Waals surface area contributed by atoms with Crippen LogP contribution in [0.3, 0.4) is 0 Å². The molecule has 0 amide bonds. The van der Waals surface area contributed by atoms with Crippen molar-refractivity contribution in [3.05, 3.63) is 116 Å². The molecule has 0 aliphatic rings. The van der Waals surface area contributed by atoms with E-state index in [-0.39, 0.29) is 11.0 Å². The fourth-order valence-electron chi connectivity index (χ4n) is 3.24. The number of halogens is 9. The molecule has 0 atom stereocenters. The zero-order valence-corrected chi connectivity index (χ0v) is 24.7. The summed E-state index contributed by atoms with van der Waals surface area (Å²) in [6, 6.07) is 18.4. The van der Waals surface area contributed by atoms with Crippen molar-refractivity contribution < 1.29 is 26.3 Å². The van der Waals surface area contributed by atoms with Crippen LogP contribution >= 0.6 is 43.5 Å². The van der Waals surface area contributed by atoms with Gasteiger partial charge >= 0.3 is 12.4 Å². The van der Waals surface area contributed by atoms with Crippen LogP contribution < -0.4 is 0 Å². The highest BCUT2D eigenvalue weighted by Gasteiger charge is 2.33. The molecular weight excluding hydrogens is 704 g/mol. The minimum Gasteiger partial charge on any atom is -0.308 e. The van der Waals surface area contributed by atoms with E-state index in [1.807, 2.05) is 37.3 Å². The first kappa shape index (κ1) is 32.2. The van der Waals surface area contributed by atoms with Gasteiger partial charge in [-0.15, -0.1) is 0 Å². The number of nitrogens with zero attached hydrogens (tertiary/aromatic N) is 4. The minimum atomic E-state index is -4.47. The predicted octanol–water partition coefficient (Wildman–Crippen LogP) is 9.71. The van der Waals surface area contributed by atoms with Crippen LogP contribution in [-0.4, -0.2) is 26.0 Å². The van der Waals surface area contributed by atoms with Gasteiger partial charge in [-0.2, -0.15) is 31.4 Å². The third-order valence-corrected chi connectivity index (χ3v) is 6.36. The van der Waals surface area contributed by atoms with Crippen molar-refractivity contribution in [1.82, 2.24) is 19.7 Å². The summed E-state index contributed by atoms with van der Waals surface area (Å²) in [4.78, 5) is 6.71. The maximum absolute atomic E-state index is 12.7. The van der Waals surface area contributed by atoms with Gasteiger partial charge in [-0.3, -0.25) is 0 Å². The standard InChI is InChI=1S/C13H7BrF3N3.C8H8BrN.C6H3ClF3N/c14-9-5-4-8-7-18-20(10(8)6-9)12-3-1-2-11(19-12)13(15,16)17;1-6-4-8(9)3-2-7(6)5-10;7-5-3-1-2-4(11-5)6(8,9)10/h1-7H;2-5,10H,1H3;1-3H. The lowest BCUT2D eigenvalue weighted by atomic mass is 10.1. The molecular formula is C27H18Br2ClF6N5. The first-order chi connectivity index (χ1) is 19.2. The zero-order valence-electron chi connectivity index (χ0n) is 20.8. The second kappa shape index (κ2) is 13.6. The van der Waals surface area contributed by atoms with Crippen LogP contribution in [0, 0.1) is 12.3 Å². The van der Waals surface area contributed by atoms with Gasteiger partial charge in [0.15, 0.2) is 5.82 Å². The molecule has 0 radical (unpaired) electrons. The lowest BCUT2D eigenvalue weighted by molar-refractivity contribution is -0.141. The molecule has 0 saturated carbocycles. The average Bonchev–Trinajstić information content (AvgIpc) is 3.32. The van der Waals surface area contributed by atoms with Crippen LogP contribution in [0.5, 0.6) is 0 Å². The number of hydrogen-bond acceptors (Lipinski definition) is 4. The Kier molecular flexibility index (Phi) is 10.7. The highest BCUT2D eigenvalue weighted by Crippen LogP contribution is 2.29. The summed E-state index contributed by atoms with van der Waals surface area (Å²) in [6.07, 6.45) is -5.93. The Morgan fingerprint density at radius 2 is 1.39 bits per heavy atom. The molecule has 14 heteroatoms. The van der Waals surface area contributed by atoms with Gasteiger partial charge in [0, 0.05) is 20.5 Å². The van der Waals surface area contributed by atoms with E-state index in [1.165, 1.54) is 35.2 Å². The number of hydrogen-bond donors (Lipinski definition) is 1. The Labute approximate surface area is 252 Å². The Bertz CT molecular complexity index is 1650. The molecule has 41 heavy (non-hydrogen) atoms. The molecule has 0 fully saturated rings. The van der Waals surface area contributed by atoms with Crippen molar-refractivity contribution in [2.45, 2.75) is 19.3 Å². The van der Waals surface area contributed by atoms with Gasteiger partial charge < -0.3 is 5.41 Å². The van der Waals surface area contributed by atoms with Crippen molar-refractivity contribution >= 4 is 60.6 Å². The van der Waals surface area contributed by atoms with Crippen LogP contribution in [0.1, 0.15) is 22.5 Å². The second-order valence-corrected chi connectivity index (χ2v) is 10.3. The molecule has 0 aliphatic heterocycles. The molecule has 0 spiro atoms. The number of alkyl halides is 6. The maximum atomic E-state index is 12.7. The molecule has 2 aromatic carbocycles. The summed E-state index contributed by atoms with van der Waals surface area (Å²) < 4.78 is 76.9. The molecule has 5 nitrogen and oxygen atoms in total. The highest BCUT2D eigenvalue weighted by molar-refractivity contribution is 9.10. The molecule has 5 rings (SSSR count). The number of rotatable bonds is 2. The number of aromatic nitrogens is 4. The van der Waals surface area contributed by atoms with Gasteiger partial charge in [0.1, 0.15) is 16.5 Å². The van der Waals surface area contributed by atoms with Crippen LogP contribution in [0.4, 0.5) is 26.3 Å². The molecule has 0 unspecified atom stereocenters. The van der Waals surface area contributed by atoms with Gasteiger partial charge in [0.25, 0.3) is 0 Å². The summed E-state index contributed by atoms with van der Waals surface area (Å²) in [5.74, 6) is 0.132. The largest absolute Gasteiger partial charge is 0.433 e. The normalized spacial score (nSPS) is 11.3. The van der Waals surface area contributed by atoms with Gasteiger partial charge in [-0.1, -0.05) is 67.7 Å². The number of nitrogens with one attached hydrogen (secondary N) is 1. The highest BCUT2D eigenvalue weighted by atomic mass is 79.9. The van der Waals surface area contributed by atoms with Crippen molar-refractivity contribution in [3.63, 3.8) is 0 Å². The molecule has 0 aliphatic carbocycles. The van der Waals surface area contributed by atoms with Crippen molar-refractivity contribution in [3.8, 4) is 5.82 Å². The SMILES string of the molecule is Cc1cc(Br)ccc1C=N.FC(F)(F)c1cccc(-n2ncc3ccc(Br)cc32)n1.FC(F)(F)c1cccc(Cl)n1. The molecule has 3 heterocycles. The lowest BCUT2D eigenvalue weighted by Crippen LogP contribution is -2.10. The molecule has 0 saturated heterocycles. The summed E-state index contributed by atoms with van der Waals surface area (Å²) in [5.41, 5.74) is 0.887. The number of fused-ring (bicyclic) bond motifs is 1. The fourth-order valence-corrected chi connectivity index (χ4v) is 4.23. The van der Waals surface area contributed by atoms with E-state index in [9.17, 15) is 26.3 Å². The van der Waals surface area contributed by atoms with E-state index in [4.69, 9.17) is 17.0 Å². The predicted molar refractivity (Wildman–Crippen MR) is 153 cm³/mol. The van der Waals surface area contributed by atoms with Gasteiger partial charge in [-0.25, -0.2) is 14.6 Å². The van der Waals surface area contributed by atoms with Crippen LogP contribution in [0.15, 0.2) is 87.9 Å². The van der Waals surface area contributed by atoms with Crippen molar-refractivity contribution in [2.24, 2.45) is 0 Å². The molecule has 0 bridgehead atoms. The lowest BCUT2D eigenvalue weighted by Gasteiger charge is -2.08. The van der Waals surface area contributed by atoms with E-state index in [0.717, 1.165) is 37.6 Å². The topological polar surface area (TPSA) is 67.5 Å². The molecule has 214 valence electrons. The van der Waals surface area contributed by atoms with E-state index in [1.54, 1.807) is 12.3 Å². The molecule has 3 aromatic heterocycles. The van der Waals surface area contributed by atoms with Crippen molar-refractivity contribution in [1.29, 1.82) is 5.41 Å². The maximum Gasteiger partial charge on any atom is 0.433 e. The van der Waals surface area contributed by atoms with E-state index < -0.39 is 23.7 Å². The van der Waals surface area contributed by atoms with Crippen LogP contribution in [-0.2, 0) is 12.4 Å². The third kappa shape index (κ3) is 9.10. The van der Waals surface area contributed by atoms with E-state index in [0.29, 0.717) is 5.52 Å². The van der Waals surface area contributed by atoms with Gasteiger partial charge in [-0.05, 0) is 66.6 Å². The third-order valence-electron chi connectivity index (χ3n) is 5.17. The van der Waals surface area contributed by atoms with Gasteiger partial charge in [0.2, 0.25) is 0 Å². The molecule has 5 aromatic rings. The Morgan fingerprint density at radius 3 is 1.95 bits per heavy atom. The van der Waals surface area contributed by atoms with Gasteiger partial charge in [0.05, 0.1) is 11.7 Å².